The quantitative estimate of drug-likeness (QED) is 0.660. The Hall–Kier alpha value is -2.25. The van der Waals surface area contributed by atoms with Gasteiger partial charge in [0.05, 0.1) is 0 Å². The molecule has 0 aromatic heterocycles. The Kier molecular flexibility index (Phi) is 4.67. The van der Waals surface area contributed by atoms with E-state index in [1.54, 1.807) is 4.90 Å². The molecule has 0 bridgehead atoms. The molecule has 4 N–H and O–H groups in total. The third-order valence-corrected chi connectivity index (χ3v) is 7.27. The van der Waals surface area contributed by atoms with E-state index in [4.69, 9.17) is 5.73 Å². The first-order valence-corrected chi connectivity index (χ1v) is 10.7. The summed E-state index contributed by atoms with van der Waals surface area (Å²) in [6.07, 6.45) is 5.29. The van der Waals surface area contributed by atoms with Crippen LogP contribution in [-0.4, -0.2) is 40.7 Å². The Balaban J connectivity index is 1.27. The van der Waals surface area contributed by atoms with Crippen LogP contribution in [0.3, 0.4) is 0 Å². The summed E-state index contributed by atoms with van der Waals surface area (Å²) in [5.74, 6) is 0.767. The lowest BCUT2D eigenvalue weighted by atomic mass is 10.0. The molecule has 1 aromatic rings. The second-order valence-electron chi connectivity index (χ2n) is 9.15. The molecule has 1 aromatic carbocycles. The van der Waals surface area contributed by atoms with E-state index in [0.717, 1.165) is 41.4 Å². The molecule has 1 saturated heterocycles. The van der Waals surface area contributed by atoms with E-state index >= 15 is 0 Å². The fraction of sp³-hybridized carbons (Fsp3) is 0.591. The second-order valence-corrected chi connectivity index (χ2v) is 9.15. The van der Waals surface area contributed by atoms with Gasteiger partial charge in [0.25, 0.3) is 5.91 Å². The molecule has 0 spiro atoms. The number of nitrogens with one attached hydrogen (secondary N) is 2. The van der Waals surface area contributed by atoms with Gasteiger partial charge in [0, 0.05) is 37.2 Å². The smallest absolute Gasteiger partial charge is 0.255 e. The summed E-state index contributed by atoms with van der Waals surface area (Å²) in [7, 11) is 0. The van der Waals surface area contributed by atoms with Crippen LogP contribution in [0, 0.1) is 11.8 Å². The molecule has 7 heteroatoms. The molecule has 29 heavy (non-hydrogen) atoms. The lowest BCUT2D eigenvalue weighted by Crippen LogP contribution is -2.52. The highest BCUT2D eigenvalue weighted by Gasteiger charge is 2.41. The zero-order chi connectivity index (χ0) is 20.1. The Morgan fingerprint density at radius 2 is 1.86 bits per heavy atom. The van der Waals surface area contributed by atoms with E-state index < -0.39 is 6.04 Å². The Morgan fingerprint density at radius 1 is 1.10 bits per heavy atom. The third kappa shape index (κ3) is 3.36. The summed E-state index contributed by atoms with van der Waals surface area (Å²) in [6, 6.07) is 6.24. The normalized spacial score (nSPS) is 33.8. The SMILES string of the molecule is NC1C[C@@H]2CC(NCc3cccc4c3C(=O)N(C3CCC(=O)NC3=O)C4)C[C@@H]2C1. The summed E-state index contributed by atoms with van der Waals surface area (Å²) in [4.78, 5) is 38.5. The van der Waals surface area contributed by atoms with Crippen LogP contribution in [0.5, 0.6) is 0 Å². The van der Waals surface area contributed by atoms with Gasteiger partial charge in [-0.05, 0) is 55.1 Å². The molecule has 2 heterocycles. The molecule has 4 aliphatic rings. The fourth-order valence-corrected chi connectivity index (χ4v) is 5.92. The Bertz CT molecular complexity index is 856. The van der Waals surface area contributed by atoms with E-state index in [1.807, 2.05) is 18.2 Å². The highest BCUT2D eigenvalue weighted by atomic mass is 16.2. The monoisotopic (exact) mass is 396 g/mol. The van der Waals surface area contributed by atoms with Crippen molar-refractivity contribution in [2.75, 3.05) is 0 Å². The van der Waals surface area contributed by atoms with E-state index in [1.165, 1.54) is 12.8 Å². The fourth-order valence-electron chi connectivity index (χ4n) is 5.92. The first-order chi connectivity index (χ1) is 14.0. The van der Waals surface area contributed by atoms with Crippen LogP contribution in [0.1, 0.15) is 60.0 Å². The molecule has 2 saturated carbocycles. The predicted molar refractivity (Wildman–Crippen MR) is 107 cm³/mol. The standard InChI is InChI=1S/C22H28N4O3/c23-16-6-14-8-17(9-15(14)7-16)24-10-12-2-1-3-13-11-26(22(29)20(12)13)18-4-5-19(27)25-21(18)28/h1-3,14-18,24H,4-11,23H2,(H,25,27,28)/t14-,15+,16?,17?,18?. The molecule has 3 fully saturated rings. The van der Waals surface area contributed by atoms with Gasteiger partial charge < -0.3 is 16.0 Å². The average molecular weight is 396 g/mol. The zero-order valence-corrected chi connectivity index (χ0v) is 16.5. The summed E-state index contributed by atoms with van der Waals surface area (Å²) in [5.41, 5.74) is 8.78. The van der Waals surface area contributed by atoms with E-state index in [0.29, 0.717) is 31.6 Å². The maximum absolute atomic E-state index is 13.2. The van der Waals surface area contributed by atoms with Gasteiger partial charge in [0.2, 0.25) is 11.8 Å². The van der Waals surface area contributed by atoms with Crippen molar-refractivity contribution in [2.24, 2.45) is 17.6 Å². The number of hydrogen-bond donors (Lipinski definition) is 3. The number of benzene rings is 1. The van der Waals surface area contributed by atoms with Crippen molar-refractivity contribution >= 4 is 17.7 Å². The van der Waals surface area contributed by atoms with Gasteiger partial charge in [0.1, 0.15) is 6.04 Å². The number of nitrogens with zero attached hydrogens (tertiary/aromatic N) is 1. The lowest BCUT2D eigenvalue weighted by molar-refractivity contribution is -0.136. The maximum atomic E-state index is 13.2. The third-order valence-electron chi connectivity index (χ3n) is 7.27. The van der Waals surface area contributed by atoms with Crippen LogP contribution in [0.4, 0.5) is 0 Å². The van der Waals surface area contributed by atoms with Gasteiger partial charge >= 0.3 is 0 Å². The second kappa shape index (κ2) is 7.22. The number of imide groups is 1. The first kappa shape index (κ1) is 18.8. The predicted octanol–water partition coefficient (Wildman–Crippen LogP) is 1.05. The van der Waals surface area contributed by atoms with Crippen LogP contribution in [0.2, 0.25) is 0 Å². The number of piperidine rings is 1. The molecule has 3 unspecified atom stereocenters. The maximum Gasteiger partial charge on any atom is 0.255 e. The van der Waals surface area contributed by atoms with Gasteiger partial charge in [-0.2, -0.15) is 0 Å². The van der Waals surface area contributed by atoms with E-state index in [2.05, 4.69) is 10.6 Å². The van der Waals surface area contributed by atoms with Gasteiger partial charge in [0.15, 0.2) is 0 Å². The van der Waals surface area contributed by atoms with Crippen molar-refractivity contribution in [1.29, 1.82) is 0 Å². The minimum absolute atomic E-state index is 0.0961. The molecule has 3 amide bonds. The van der Waals surface area contributed by atoms with Crippen molar-refractivity contribution in [3.05, 3.63) is 34.9 Å². The lowest BCUT2D eigenvalue weighted by Gasteiger charge is -2.29. The van der Waals surface area contributed by atoms with Crippen LogP contribution in [0.15, 0.2) is 18.2 Å². The van der Waals surface area contributed by atoms with Gasteiger partial charge in [-0.3, -0.25) is 19.7 Å². The number of amides is 3. The van der Waals surface area contributed by atoms with E-state index in [9.17, 15) is 14.4 Å². The molecule has 5 atom stereocenters. The van der Waals surface area contributed by atoms with Gasteiger partial charge in [-0.25, -0.2) is 0 Å². The highest BCUT2D eigenvalue weighted by molar-refractivity contribution is 6.05. The van der Waals surface area contributed by atoms with Crippen LogP contribution >= 0.6 is 0 Å². The molecular weight excluding hydrogens is 368 g/mol. The Morgan fingerprint density at radius 3 is 2.59 bits per heavy atom. The molecule has 0 radical (unpaired) electrons. The van der Waals surface area contributed by atoms with Crippen LogP contribution in [0.25, 0.3) is 0 Å². The number of hydrogen-bond acceptors (Lipinski definition) is 5. The van der Waals surface area contributed by atoms with Crippen molar-refractivity contribution in [2.45, 2.75) is 69.7 Å². The summed E-state index contributed by atoms with van der Waals surface area (Å²) in [6.45, 7) is 1.09. The van der Waals surface area contributed by atoms with Gasteiger partial charge in [-0.1, -0.05) is 18.2 Å². The van der Waals surface area contributed by atoms with Crippen molar-refractivity contribution in [1.82, 2.24) is 15.5 Å². The zero-order valence-electron chi connectivity index (χ0n) is 16.5. The molecule has 2 aliphatic carbocycles. The molecule has 5 rings (SSSR count). The van der Waals surface area contributed by atoms with E-state index in [-0.39, 0.29) is 24.1 Å². The minimum Gasteiger partial charge on any atom is -0.328 e. The summed E-state index contributed by atoms with van der Waals surface area (Å²) < 4.78 is 0. The van der Waals surface area contributed by atoms with Crippen LogP contribution < -0.4 is 16.4 Å². The van der Waals surface area contributed by atoms with Gasteiger partial charge in [-0.15, -0.1) is 0 Å². The molecule has 7 nitrogen and oxygen atoms in total. The highest BCUT2D eigenvalue weighted by Crippen LogP contribution is 2.43. The number of carbonyl (C=O) groups excluding carboxylic acids is 3. The summed E-state index contributed by atoms with van der Waals surface area (Å²) in [5, 5.41) is 6.02. The Labute approximate surface area is 170 Å². The van der Waals surface area contributed by atoms with Crippen molar-refractivity contribution in [3.63, 3.8) is 0 Å². The minimum atomic E-state index is -0.563. The molecule has 2 aliphatic heterocycles. The van der Waals surface area contributed by atoms with Crippen molar-refractivity contribution in [3.8, 4) is 0 Å². The largest absolute Gasteiger partial charge is 0.328 e. The molecule has 154 valence electrons. The number of fused-ring (bicyclic) bond motifs is 2. The number of nitrogens with two attached hydrogens (primary N) is 1. The number of rotatable bonds is 4. The molecular formula is C22H28N4O3. The summed E-state index contributed by atoms with van der Waals surface area (Å²) >= 11 is 0. The number of carbonyl (C=O) groups is 3. The van der Waals surface area contributed by atoms with Crippen LogP contribution in [-0.2, 0) is 22.7 Å². The average Bonchev–Trinajstić information content (AvgIpc) is 3.31. The first-order valence-electron chi connectivity index (χ1n) is 10.7. The van der Waals surface area contributed by atoms with Crippen molar-refractivity contribution < 1.29 is 14.4 Å². The topological polar surface area (TPSA) is 105 Å².